The Kier molecular flexibility index (Phi) is 14.2. The van der Waals surface area contributed by atoms with Crippen molar-refractivity contribution in [1.82, 2.24) is 25.2 Å². The second-order valence-electron chi connectivity index (χ2n) is 14.2. The van der Waals surface area contributed by atoms with Crippen molar-refractivity contribution in [3.63, 3.8) is 0 Å². The van der Waals surface area contributed by atoms with Gasteiger partial charge < -0.3 is 29.3 Å². The number of benzene rings is 2. The summed E-state index contributed by atoms with van der Waals surface area (Å²) in [6.45, 7) is 25.1. The minimum atomic E-state index is -0.388. The largest absolute Gasteiger partial charge is 0.379 e. The van der Waals surface area contributed by atoms with Crippen molar-refractivity contribution in [2.75, 3.05) is 45.0 Å². The topological polar surface area (TPSA) is 94.0 Å². The van der Waals surface area contributed by atoms with E-state index in [0.29, 0.717) is 71.4 Å². The Morgan fingerprint density at radius 1 is 1.00 bits per heavy atom. The summed E-state index contributed by atoms with van der Waals surface area (Å²) in [4.78, 5) is 17.2. The van der Waals surface area contributed by atoms with Crippen molar-refractivity contribution in [2.45, 2.75) is 92.0 Å². The van der Waals surface area contributed by atoms with E-state index in [2.05, 4.69) is 78.8 Å². The van der Waals surface area contributed by atoms with Gasteiger partial charge in [-0.3, -0.25) is 4.79 Å². The molecule has 0 radical (unpaired) electrons. The van der Waals surface area contributed by atoms with E-state index >= 15 is 0 Å². The molecule has 0 saturated heterocycles. The van der Waals surface area contributed by atoms with Crippen LogP contribution in [0.5, 0.6) is 0 Å². The maximum Gasteiger partial charge on any atom is 0.220 e. The summed E-state index contributed by atoms with van der Waals surface area (Å²) in [7, 11) is 1.99. The molecule has 10 heteroatoms. The number of aryl methyl sites for hydroxylation is 1. The van der Waals surface area contributed by atoms with E-state index < -0.39 is 0 Å². The number of hydrogen-bond acceptors (Lipinski definition) is 8. The lowest BCUT2D eigenvalue weighted by atomic mass is 9.95. The smallest absolute Gasteiger partial charge is 0.220 e. The molecule has 0 spiro atoms. The zero-order valence-corrected chi connectivity index (χ0v) is 31.3. The Bertz CT molecular complexity index is 1580. The molecule has 1 N–H and O–H groups in total. The summed E-state index contributed by atoms with van der Waals surface area (Å²) in [5.74, 6) is 0.354. The molecule has 1 amide bonds. The molecule has 2 aromatic carbocycles. The lowest BCUT2D eigenvalue weighted by Crippen LogP contribution is -2.36. The minimum absolute atomic E-state index is 0.00496. The van der Waals surface area contributed by atoms with Gasteiger partial charge >= 0.3 is 0 Å². The van der Waals surface area contributed by atoms with E-state index in [1.165, 1.54) is 0 Å². The quantitative estimate of drug-likeness (QED) is 0.0970. The second-order valence-corrected chi connectivity index (χ2v) is 14.2. The number of rotatable bonds is 20. The number of nitrogens with one attached hydrogen (secondary N) is 1. The molecule has 1 aromatic heterocycles. The third-order valence-electron chi connectivity index (χ3n) is 9.00. The summed E-state index contributed by atoms with van der Waals surface area (Å²) in [6.07, 6.45) is 2.56. The molecule has 0 unspecified atom stereocenters. The zero-order chi connectivity index (χ0) is 36.3. The number of para-hydroxylation sites is 1. The van der Waals surface area contributed by atoms with Crippen molar-refractivity contribution in [2.24, 2.45) is 5.92 Å². The van der Waals surface area contributed by atoms with Gasteiger partial charge in [-0.15, -0.1) is 5.10 Å². The molecular weight excluding hydrogens is 628 g/mol. The molecule has 4 rings (SSSR count). The zero-order valence-electron chi connectivity index (χ0n) is 31.3. The number of ether oxygens (including phenoxy) is 3. The van der Waals surface area contributed by atoms with Gasteiger partial charge in [0.1, 0.15) is 12.4 Å². The van der Waals surface area contributed by atoms with Crippen LogP contribution in [-0.2, 0) is 32.1 Å². The SMILES string of the molecule is C=C(C(C)C)N(C)COC(C)(C)CCNC(=O)CCC(=C)N1Cc2ccccc2-c2c(nnn2CCCOCCOC(C)C)-c2ccccc21. The minimum Gasteiger partial charge on any atom is -0.379 e. The van der Waals surface area contributed by atoms with E-state index in [0.717, 1.165) is 51.6 Å². The number of carbonyl (C=O) groups is 1. The van der Waals surface area contributed by atoms with Crippen molar-refractivity contribution in [3.8, 4) is 22.5 Å². The summed E-state index contributed by atoms with van der Waals surface area (Å²) in [6, 6.07) is 16.7. The third-order valence-corrected chi connectivity index (χ3v) is 9.00. The predicted octanol–water partition coefficient (Wildman–Crippen LogP) is 7.42. The molecule has 0 bridgehead atoms. The van der Waals surface area contributed by atoms with Gasteiger partial charge in [-0.25, -0.2) is 4.68 Å². The highest BCUT2D eigenvalue weighted by molar-refractivity contribution is 5.88. The molecule has 10 nitrogen and oxygen atoms in total. The Balaban J connectivity index is 1.39. The fourth-order valence-electron chi connectivity index (χ4n) is 5.87. The molecule has 0 saturated carbocycles. The highest BCUT2D eigenvalue weighted by atomic mass is 16.5. The van der Waals surface area contributed by atoms with Crippen LogP contribution in [-0.4, -0.2) is 77.6 Å². The molecule has 1 aliphatic rings. The van der Waals surface area contributed by atoms with Crippen molar-refractivity contribution in [1.29, 1.82) is 0 Å². The van der Waals surface area contributed by atoms with E-state index in [4.69, 9.17) is 19.3 Å². The molecule has 0 atom stereocenters. The average molecular weight is 687 g/mol. The van der Waals surface area contributed by atoms with Crippen LogP contribution in [0.3, 0.4) is 0 Å². The number of amides is 1. The average Bonchev–Trinajstić information content (AvgIpc) is 3.49. The number of anilines is 1. The predicted molar refractivity (Wildman–Crippen MR) is 201 cm³/mol. The molecule has 2 heterocycles. The Morgan fingerprint density at radius 3 is 2.46 bits per heavy atom. The Morgan fingerprint density at radius 2 is 1.72 bits per heavy atom. The standard InChI is InChI=1S/C40H58N6O4/c1-29(2)32(6)44(9)28-50-40(7,8)21-22-41-37(47)20-19-31(5)45-27-33-15-10-11-16-34(33)39-38(35-17-12-13-18-36(35)45)42-43-46(39)23-14-24-48-25-26-49-30(3)4/h10-13,15-18,29-30H,5-6,14,19-28H2,1-4,7-9H3,(H,41,47). The van der Waals surface area contributed by atoms with E-state index in [1.54, 1.807) is 0 Å². The van der Waals surface area contributed by atoms with Gasteiger partial charge in [0.15, 0.2) is 0 Å². The molecule has 0 fully saturated rings. The van der Waals surface area contributed by atoms with Gasteiger partial charge in [0.25, 0.3) is 0 Å². The molecule has 0 aliphatic carbocycles. The maximum absolute atomic E-state index is 13.0. The van der Waals surface area contributed by atoms with Crippen LogP contribution in [0.4, 0.5) is 5.69 Å². The van der Waals surface area contributed by atoms with Crippen molar-refractivity contribution < 1.29 is 19.0 Å². The number of fused-ring (bicyclic) bond motifs is 5. The summed E-state index contributed by atoms with van der Waals surface area (Å²) >= 11 is 0. The highest BCUT2D eigenvalue weighted by Gasteiger charge is 2.27. The fourth-order valence-corrected chi connectivity index (χ4v) is 5.87. The Hall–Kier alpha value is -3.99. The maximum atomic E-state index is 13.0. The second kappa shape index (κ2) is 18.3. The van der Waals surface area contributed by atoms with Crippen LogP contribution in [0.2, 0.25) is 0 Å². The first-order valence-corrected chi connectivity index (χ1v) is 17.9. The number of carbonyl (C=O) groups excluding carboxylic acids is 1. The molecule has 272 valence electrons. The van der Waals surface area contributed by atoms with Crippen LogP contribution in [0, 0.1) is 5.92 Å². The molecular formula is C40H58N6O4. The normalized spacial score (nSPS) is 12.6. The van der Waals surface area contributed by atoms with Crippen molar-refractivity contribution in [3.05, 3.63) is 78.6 Å². The highest BCUT2D eigenvalue weighted by Crippen LogP contribution is 2.42. The van der Waals surface area contributed by atoms with E-state index in [9.17, 15) is 4.79 Å². The molecule has 50 heavy (non-hydrogen) atoms. The number of aromatic nitrogens is 3. The molecule has 1 aliphatic heterocycles. The van der Waals surface area contributed by atoms with Gasteiger partial charge in [0.05, 0.1) is 36.3 Å². The van der Waals surface area contributed by atoms with Gasteiger partial charge in [-0.05, 0) is 64.5 Å². The first kappa shape index (κ1) is 38.8. The van der Waals surface area contributed by atoms with Gasteiger partial charge in [0.2, 0.25) is 5.91 Å². The van der Waals surface area contributed by atoms with Crippen LogP contribution in [0.25, 0.3) is 22.5 Å². The third kappa shape index (κ3) is 10.8. The fraction of sp³-hybridized carbons (Fsp3) is 0.525. The first-order chi connectivity index (χ1) is 23.9. The first-order valence-electron chi connectivity index (χ1n) is 17.9. The Labute approximate surface area is 299 Å². The summed E-state index contributed by atoms with van der Waals surface area (Å²) < 4.78 is 19.5. The van der Waals surface area contributed by atoms with Crippen LogP contribution in [0.1, 0.15) is 72.8 Å². The van der Waals surface area contributed by atoms with Crippen LogP contribution < -0.4 is 10.2 Å². The lowest BCUT2D eigenvalue weighted by Gasteiger charge is -2.32. The number of nitrogens with zero attached hydrogens (tertiary/aromatic N) is 5. The number of hydrogen-bond donors (Lipinski definition) is 1. The van der Waals surface area contributed by atoms with Crippen LogP contribution in [0.15, 0.2) is 73.1 Å². The monoisotopic (exact) mass is 686 g/mol. The van der Waals surface area contributed by atoms with E-state index in [1.807, 2.05) is 56.5 Å². The van der Waals surface area contributed by atoms with Crippen LogP contribution >= 0.6 is 0 Å². The van der Waals surface area contributed by atoms with E-state index in [-0.39, 0.29) is 17.6 Å². The molecule has 3 aromatic rings. The number of allylic oxidation sites excluding steroid dienone is 2. The van der Waals surface area contributed by atoms with Crippen molar-refractivity contribution >= 4 is 11.6 Å². The van der Waals surface area contributed by atoms with Gasteiger partial charge in [0, 0.05) is 62.2 Å². The van der Waals surface area contributed by atoms with Gasteiger partial charge in [-0.1, -0.05) is 74.7 Å². The summed E-state index contributed by atoms with van der Waals surface area (Å²) in [5.41, 5.74) is 7.57. The lowest BCUT2D eigenvalue weighted by molar-refractivity contribution is -0.121. The summed E-state index contributed by atoms with van der Waals surface area (Å²) in [5, 5.41) is 12.4. The van der Waals surface area contributed by atoms with Gasteiger partial charge in [-0.2, -0.15) is 0 Å².